The highest BCUT2D eigenvalue weighted by molar-refractivity contribution is 5.86. The van der Waals surface area contributed by atoms with E-state index in [0.717, 1.165) is 4.90 Å². The molecule has 7 heteroatoms. The molecule has 0 radical (unpaired) electrons. The molecule has 0 aliphatic carbocycles. The van der Waals surface area contributed by atoms with E-state index in [4.69, 9.17) is 14.9 Å². The van der Waals surface area contributed by atoms with Crippen LogP contribution in [0.2, 0.25) is 0 Å². The van der Waals surface area contributed by atoms with Crippen LogP contribution in [0.5, 0.6) is 0 Å². The summed E-state index contributed by atoms with van der Waals surface area (Å²) in [6, 6.07) is 0. The van der Waals surface area contributed by atoms with Crippen molar-refractivity contribution in [2.24, 2.45) is 0 Å². The molecule has 0 bridgehead atoms. The predicted octanol–water partition coefficient (Wildman–Crippen LogP) is -0.423. The third kappa shape index (κ3) is 7.97. The lowest BCUT2D eigenvalue weighted by molar-refractivity contribution is -0.142. The lowest BCUT2D eigenvalue weighted by atomic mass is 10.4. The van der Waals surface area contributed by atoms with Gasteiger partial charge in [0.05, 0.1) is 13.1 Å². The average Bonchev–Trinajstić information content (AvgIpc) is 2.14. The third-order valence-electron chi connectivity index (χ3n) is 1.71. The quantitative estimate of drug-likeness (QED) is 0.442. The van der Waals surface area contributed by atoms with Crippen LogP contribution in [-0.2, 0) is 19.1 Å². The zero-order chi connectivity index (χ0) is 13.4. The zero-order valence-electron chi connectivity index (χ0n) is 9.51. The number of aliphatic carboxylic acids is 2. The Hall–Kier alpha value is -1.89. The normalized spacial score (nSPS) is 10.0. The summed E-state index contributed by atoms with van der Waals surface area (Å²) in [5.41, 5.74) is 0.230. The maximum absolute atomic E-state index is 11.0. The van der Waals surface area contributed by atoms with E-state index in [1.165, 1.54) is 6.92 Å². The molecule has 0 spiro atoms. The fraction of sp³-hybridized carbons (Fsp3) is 0.500. The van der Waals surface area contributed by atoms with Crippen molar-refractivity contribution in [1.82, 2.24) is 4.90 Å². The first-order chi connectivity index (χ1) is 7.82. The van der Waals surface area contributed by atoms with E-state index < -0.39 is 31.0 Å². The molecule has 0 saturated carbocycles. The Morgan fingerprint density at radius 3 is 2.00 bits per heavy atom. The molecule has 7 nitrogen and oxygen atoms in total. The van der Waals surface area contributed by atoms with Gasteiger partial charge in [0.25, 0.3) is 0 Å². The molecule has 0 amide bonds. The van der Waals surface area contributed by atoms with Gasteiger partial charge in [0.2, 0.25) is 0 Å². The van der Waals surface area contributed by atoms with Gasteiger partial charge in [-0.3, -0.25) is 14.5 Å². The van der Waals surface area contributed by atoms with Gasteiger partial charge in [0.1, 0.15) is 6.61 Å². The number of hydrogen-bond acceptors (Lipinski definition) is 5. The van der Waals surface area contributed by atoms with Crippen LogP contribution in [0.25, 0.3) is 0 Å². The SMILES string of the molecule is C=C(C)C(=O)OCCN(CC(=O)O)CC(=O)O. The highest BCUT2D eigenvalue weighted by Gasteiger charge is 2.14. The summed E-state index contributed by atoms with van der Waals surface area (Å²) in [5.74, 6) is -2.87. The second-order valence-corrected chi connectivity index (χ2v) is 3.41. The molecule has 96 valence electrons. The maximum atomic E-state index is 11.0. The lowest BCUT2D eigenvalue weighted by Crippen LogP contribution is -2.37. The zero-order valence-corrected chi connectivity index (χ0v) is 9.51. The van der Waals surface area contributed by atoms with E-state index in [-0.39, 0.29) is 18.7 Å². The smallest absolute Gasteiger partial charge is 0.333 e. The molecule has 0 aromatic carbocycles. The van der Waals surface area contributed by atoms with E-state index in [2.05, 4.69) is 6.58 Å². The van der Waals surface area contributed by atoms with Crippen molar-refractivity contribution < 1.29 is 29.3 Å². The lowest BCUT2D eigenvalue weighted by Gasteiger charge is -2.17. The Kier molecular flexibility index (Phi) is 6.57. The summed E-state index contributed by atoms with van der Waals surface area (Å²) in [6.07, 6.45) is 0. The highest BCUT2D eigenvalue weighted by atomic mass is 16.5. The van der Waals surface area contributed by atoms with E-state index >= 15 is 0 Å². The number of ether oxygens (including phenoxy) is 1. The maximum Gasteiger partial charge on any atom is 0.333 e. The molecular weight excluding hydrogens is 230 g/mol. The number of rotatable bonds is 8. The van der Waals surface area contributed by atoms with Crippen molar-refractivity contribution in [2.45, 2.75) is 6.92 Å². The fourth-order valence-corrected chi connectivity index (χ4v) is 0.987. The van der Waals surface area contributed by atoms with Crippen LogP contribution in [0, 0.1) is 0 Å². The van der Waals surface area contributed by atoms with Gasteiger partial charge in [-0.05, 0) is 6.92 Å². The molecule has 0 saturated heterocycles. The number of carbonyl (C=O) groups is 3. The van der Waals surface area contributed by atoms with Gasteiger partial charge in [-0.15, -0.1) is 0 Å². The van der Waals surface area contributed by atoms with Crippen LogP contribution in [-0.4, -0.2) is 59.3 Å². The molecule has 0 rings (SSSR count). The molecule has 0 unspecified atom stereocenters. The Morgan fingerprint density at radius 1 is 1.18 bits per heavy atom. The van der Waals surface area contributed by atoms with Crippen LogP contribution in [0.1, 0.15) is 6.92 Å². The molecule has 2 N–H and O–H groups in total. The van der Waals surface area contributed by atoms with Gasteiger partial charge in [0, 0.05) is 12.1 Å². The van der Waals surface area contributed by atoms with Crippen LogP contribution in [0.4, 0.5) is 0 Å². The van der Waals surface area contributed by atoms with Gasteiger partial charge >= 0.3 is 17.9 Å². The van der Waals surface area contributed by atoms with E-state index in [9.17, 15) is 14.4 Å². The van der Waals surface area contributed by atoms with Crippen molar-refractivity contribution >= 4 is 17.9 Å². The van der Waals surface area contributed by atoms with Gasteiger partial charge in [-0.2, -0.15) is 0 Å². The Labute approximate surface area is 98.3 Å². The molecule has 0 aliphatic heterocycles. The van der Waals surface area contributed by atoms with Gasteiger partial charge in [-0.1, -0.05) is 6.58 Å². The number of esters is 1. The van der Waals surface area contributed by atoms with E-state index in [0.29, 0.717) is 0 Å². The monoisotopic (exact) mass is 245 g/mol. The molecule has 0 heterocycles. The standard InChI is InChI=1S/C10H15NO6/c1-7(2)10(16)17-4-3-11(5-8(12)13)6-9(14)15/h1,3-6H2,2H3,(H,12,13)(H,14,15). The first-order valence-electron chi connectivity index (χ1n) is 4.81. The predicted molar refractivity (Wildman–Crippen MR) is 57.5 cm³/mol. The largest absolute Gasteiger partial charge is 0.480 e. The average molecular weight is 245 g/mol. The fourth-order valence-electron chi connectivity index (χ4n) is 0.987. The van der Waals surface area contributed by atoms with Crippen molar-refractivity contribution in [3.63, 3.8) is 0 Å². The van der Waals surface area contributed by atoms with E-state index in [1.807, 2.05) is 0 Å². The molecule has 0 atom stereocenters. The topological polar surface area (TPSA) is 104 Å². The number of hydrogen-bond donors (Lipinski definition) is 2. The molecule has 0 aliphatic rings. The molecule has 17 heavy (non-hydrogen) atoms. The highest BCUT2D eigenvalue weighted by Crippen LogP contribution is 1.94. The van der Waals surface area contributed by atoms with Crippen LogP contribution < -0.4 is 0 Å². The van der Waals surface area contributed by atoms with Crippen molar-refractivity contribution in [3.8, 4) is 0 Å². The minimum atomic E-state index is -1.14. The van der Waals surface area contributed by atoms with Gasteiger partial charge in [-0.25, -0.2) is 4.79 Å². The summed E-state index contributed by atoms with van der Waals surface area (Å²) in [4.78, 5) is 33.0. The Bertz CT molecular complexity index is 309. The van der Waals surface area contributed by atoms with E-state index in [1.54, 1.807) is 0 Å². The summed E-state index contributed by atoms with van der Waals surface area (Å²) < 4.78 is 4.73. The summed E-state index contributed by atoms with van der Waals surface area (Å²) in [6.45, 7) is 3.98. The first-order valence-corrected chi connectivity index (χ1v) is 4.81. The summed E-state index contributed by atoms with van der Waals surface area (Å²) in [7, 11) is 0. The second-order valence-electron chi connectivity index (χ2n) is 3.41. The first kappa shape index (κ1) is 15.1. The number of carboxylic acid groups (broad SMARTS) is 2. The van der Waals surface area contributed by atoms with Crippen LogP contribution >= 0.6 is 0 Å². The Balaban J connectivity index is 4.07. The van der Waals surface area contributed by atoms with Crippen molar-refractivity contribution in [1.29, 1.82) is 0 Å². The molecular formula is C10H15NO6. The number of nitrogens with zero attached hydrogens (tertiary/aromatic N) is 1. The second kappa shape index (κ2) is 7.39. The molecule has 0 fully saturated rings. The van der Waals surface area contributed by atoms with Gasteiger partial charge < -0.3 is 14.9 Å². The number of carbonyl (C=O) groups excluding carboxylic acids is 1. The van der Waals surface area contributed by atoms with Gasteiger partial charge in [0.15, 0.2) is 0 Å². The minimum absolute atomic E-state index is 0.0393. The third-order valence-corrected chi connectivity index (χ3v) is 1.71. The summed E-state index contributed by atoms with van der Waals surface area (Å²) in [5, 5.41) is 17.1. The van der Waals surface area contributed by atoms with Crippen molar-refractivity contribution in [2.75, 3.05) is 26.2 Å². The van der Waals surface area contributed by atoms with Crippen LogP contribution in [0.3, 0.4) is 0 Å². The number of carboxylic acids is 2. The molecule has 0 aromatic heterocycles. The van der Waals surface area contributed by atoms with Crippen LogP contribution in [0.15, 0.2) is 12.2 Å². The minimum Gasteiger partial charge on any atom is -0.480 e. The summed E-state index contributed by atoms with van der Waals surface area (Å²) >= 11 is 0. The molecule has 0 aromatic rings. The Morgan fingerprint density at radius 2 is 1.65 bits per heavy atom. The van der Waals surface area contributed by atoms with Crippen molar-refractivity contribution in [3.05, 3.63) is 12.2 Å².